The van der Waals surface area contributed by atoms with Gasteiger partial charge in [0.1, 0.15) is 0 Å². The molecule has 2 aliphatic rings. The monoisotopic (exact) mass is 400 g/mol. The Labute approximate surface area is 165 Å². The second-order valence-electron chi connectivity index (χ2n) is 8.05. The van der Waals surface area contributed by atoms with Crippen LogP contribution in [0.3, 0.4) is 0 Å². The molecule has 2 saturated heterocycles. The molecule has 0 radical (unpaired) electrons. The summed E-state index contributed by atoms with van der Waals surface area (Å²) in [6, 6.07) is 3.40. The highest BCUT2D eigenvalue weighted by Gasteiger charge is 2.36. The van der Waals surface area contributed by atoms with Crippen LogP contribution in [0.15, 0.2) is 12.1 Å². The fourth-order valence-corrected chi connectivity index (χ4v) is 3.93. The molecule has 0 N–H and O–H groups in total. The summed E-state index contributed by atoms with van der Waals surface area (Å²) in [5.41, 5.74) is -0.531. The molecular weight excluding hydrogens is 369 g/mol. The van der Waals surface area contributed by atoms with Gasteiger partial charge in [0, 0.05) is 12.3 Å². The van der Waals surface area contributed by atoms with Crippen LogP contribution in [0.25, 0.3) is 0 Å². The van der Waals surface area contributed by atoms with Gasteiger partial charge in [-0.3, -0.25) is 0 Å². The van der Waals surface area contributed by atoms with Crippen molar-refractivity contribution in [3.8, 4) is 0 Å². The zero-order valence-electron chi connectivity index (χ0n) is 16.8. The summed E-state index contributed by atoms with van der Waals surface area (Å²) in [4.78, 5) is 0. The van der Waals surface area contributed by atoms with Gasteiger partial charge in [-0.05, 0) is 43.2 Å². The maximum atomic E-state index is 14.5. The van der Waals surface area contributed by atoms with E-state index < -0.39 is 23.6 Å². The van der Waals surface area contributed by atoms with Crippen molar-refractivity contribution in [3.63, 3.8) is 0 Å². The fraction of sp³-hybridized carbons (Fsp3) is 0.727. The van der Waals surface area contributed by atoms with Crippen molar-refractivity contribution in [2.45, 2.75) is 82.8 Å². The average molecular weight is 400 g/mol. The summed E-state index contributed by atoms with van der Waals surface area (Å²) in [7, 11) is 0. The highest BCUT2D eigenvalue weighted by Crippen LogP contribution is 2.33. The van der Waals surface area contributed by atoms with Crippen LogP contribution in [0.2, 0.25) is 0 Å². The first-order valence-electron chi connectivity index (χ1n) is 10.5. The molecule has 0 aromatic heterocycles. The lowest BCUT2D eigenvalue weighted by Gasteiger charge is -2.35. The first-order chi connectivity index (χ1) is 13.5. The van der Waals surface area contributed by atoms with Gasteiger partial charge in [0.2, 0.25) is 0 Å². The number of hydrogen-bond acceptors (Lipinski definition) is 3. The topological polar surface area (TPSA) is 27.7 Å². The molecule has 0 saturated carbocycles. The number of halogens is 3. The number of aryl methyl sites for hydroxylation is 1. The Morgan fingerprint density at radius 2 is 1.75 bits per heavy atom. The quantitative estimate of drug-likeness (QED) is 0.609. The molecule has 3 nitrogen and oxygen atoms in total. The Balaban J connectivity index is 1.46. The molecule has 28 heavy (non-hydrogen) atoms. The molecule has 0 aliphatic carbocycles. The van der Waals surface area contributed by atoms with E-state index in [1.807, 2.05) is 6.92 Å². The second-order valence-corrected chi connectivity index (χ2v) is 8.05. The largest absolute Gasteiger partial charge is 0.378 e. The Kier molecular flexibility index (Phi) is 7.40. The second kappa shape index (κ2) is 9.59. The maximum absolute atomic E-state index is 14.5. The predicted molar refractivity (Wildman–Crippen MR) is 101 cm³/mol. The van der Waals surface area contributed by atoms with Gasteiger partial charge in [0.05, 0.1) is 25.9 Å². The van der Waals surface area contributed by atoms with E-state index in [0.29, 0.717) is 37.0 Å². The zero-order chi connectivity index (χ0) is 20.1. The molecule has 1 aromatic rings. The maximum Gasteiger partial charge on any atom is 0.162 e. The summed E-state index contributed by atoms with van der Waals surface area (Å²) < 4.78 is 59.6. The summed E-state index contributed by atoms with van der Waals surface area (Å²) in [5.74, 6) is -1.57. The van der Waals surface area contributed by atoms with Gasteiger partial charge in [-0.1, -0.05) is 32.4 Å². The lowest BCUT2D eigenvalue weighted by molar-refractivity contribution is -0.237. The van der Waals surface area contributed by atoms with Crippen LogP contribution in [-0.2, 0) is 20.6 Å². The Hall–Kier alpha value is -1.11. The Morgan fingerprint density at radius 1 is 1.00 bits per heavy atom. The molecule has 3 rings (SSSR count). The molecule has 2 aliphatic heterocycles. The van der Waals surface area contributed by atoms with Crippen molar-refractivity contribution in [1.82, 2.24) is 0 Å². The summed E-state index contributed by atoms with van der Waals surface area (Å²) in [6.07, 6.45) is 4.26. The van der Waals surface area contributed by atoms with E-state index in [1.165, 1.54) is 0 Å². The minimum atomic E-state index is -1.38. The molecule has 1 aromatic carbocycles. The van der Waals surface area contributed by atoms with Gasteiger partial charge < -0.3 is 14.2 Å². The van der Waals surface area contributed by atoms with Gasteiger partial charge in [0.25, 0.3) is 0 Å². The van der Waals surface area contributed by atoms with E-state index in [-0.39, 0.29) is 25.2 Å². The number of rotatable bonds is 7. The van der Waals surface area contributed by atoms with E-state index in [4.69, 9.17) is 14.2 Å². The van der Waals surface area contributed by atoms with Gasteiger partial charge in [0.15, 0.2) is 23.6 Å². The number of benzene rings is 1. The van der Waals surface area contributed by atoms with Crippen molar-refractivity contribution in [2.75, 3.05) is 19.8 Å². The van der Waals surface area contributed by atoms with E-state index in [2.05, 4.69) is 0 Å². The molecule has 0 amide bonds. The third kappa shape index (κ3) is 5.08. The molecule has 2 unspecified atom stereocenters. The first-order valence-corrected chi connectivity index (χ1v) is 10.5. The minimum Gasteiger partial charge on any atom is -0.378 e. The lowest BCUT2D eigenvalue weighted by Crippen LogP contribution is -2.43. The van der Waals surface area contributed by atoms with Crippen LogP contribution in [0.4, 0.5) is 13.2 Å². The highest BCUT2D eigenvalue weighted by molar-refractivity contribution is 5.29. The molecule has 0 bridgehead atoms. The van der Waals surface area contributed by atoms with Crippen molar-refractivity contribution in [2.24, 2.45) is 0 Å². The third-order valence-electron chi connectivity index (χ3n) is 5.94. The number of ether oxygens (including phenoxy) is 3. The van der Waals surface area contributed by atoms with E-state index in [1.54, 1.807) is 19.1 Å². The van der Waals surface area contributed by atoms with Gasteiger partial charge in [-0.25, -0.2) is 13.2 Å². The fourth-order valence-electron chi connectivity index (χ4n) is 3.93. The van der Waals surface area contributed by atoms with Crippen molar-refractivity contribution < 1.29 is 27.4 Å². The molecule has 0 spiro atoms. The number of hydrogen-bond donors (Lipinski definition) is 0. The predicted octanol–water partition coefficient (Wildman–Crippen LogP) is 5.45. The van der Waals surface area contributed by atoms with Crippen molar-refractivity contribution >= 4 is 0 Å². The van der Waals surface area contributed by atoms with E-state index >= 15 is 0 Å². The van der Waals surface area contributed by atoms with Crippen LogP contribution in [0.1, 0.15) is 69.4 Å². The minimum absolute atomic E-state index is 0.0407. The van der Waals surface area contributed by atoms with Crippen molar-refractivity contribution in [1.29, 1.82) is 0 Å². The molecule has 2 fully saturated rings. The molecular formula is C22H31F3O3. The van der Waals surface area contributed by atoms with Crippen LogP contribution in [0.5, 0.6) is 0 Å². The summed E-state index contributed by atoms with van der Waals surface area (Å²) >= 11 is 0. The lowest BCUT2D eigenvalue weighted by atomic mass is 9.89. The smallest absolute Gasteiger partial charge is 0.162 e. The van der Waals surface area contributed by atoms with Gasteiger partial charge >= 0.3 is 0 Å². The van der Waals surface area contributed by atoms with Crippen molar-refractivity contribution in [3.05, 3.63) is 34.9 Å². The molecule has 6 heteroatoms. The summed E-state index contributed by atoms with van der Waals surface area (Å²) in [6.45, 7) is 4.25. The zero-order valence-corrected chi connectivity index (χ0v) is 16.8. The van der Waals surface area contributed by atoms with Crippen LogP contribution < -0.4 is 0 Å². The third-order valence-corrected chi connectivity index (χ3v) is 5.94. The normalized spacial score (nSPS) is 31.1. The van der Waals surface area contributed by atoms with Gasteiger partial charge in [-0.2, -0.15) is 0 Å². The number of alkyl halides is 1. The van der Waals surface area contributed by atoms with Crippen LogP contribution >= 0.6 is 0 Å². The van der Waals surface area contributed by atoms with E-state index in [0.717, 1.165) is 25.7 Å². The molecule has 158 valence electrons. The standard InChI is InChI=1S/C22H31F3O3/c1-3-5-15-7-10-18(21(24)20(15)23)16-6-8-17(26-12-16)9-11-19-27-13-22(25,4-2)14-28-19/h7,10,16-17,19H,3-6,8-9,11-14H2,1-2H3. The van der Waals surface area contributed by atoms with Gasteiger partial charge in [-0.15, -0.1) is 0 Å². The first kappa shape index (κ1) is 21.6. The highest BCUT2D eigenvalue weighted by atomic mass is 19.2. The Morgan fingerprint density at radius 3 is 2.36 bits per heavy atom. The SMILES string of the molecule is CCCc1ccc(C2CCC(CCC3OCC(F)(CC)CO3)OC2)c(F)c1F. The van der Waals surface area contributed by atoms with Crippen LogP contribution in [-0.4, -0.2) is 37.9 Å². The molecule has 2 atom stereocenters. The van der Waals surface area contributed by atoms with E-state index in [9.17, 15) is 13.2 Å². The summed E-state index contributed by atoms with van der Waals surface area (Å²) in [5, 5.41) is 0. The molecule has 2 heterocycles. The van der Waals surface area contributed by atoms with Crippen LogP contribution in [0, 0.1) is 11.6 Å². The average Bonchev–Trinajstić information content (AvgIpc) is 2.72. The Bertz CT molecular complexity index is 636.